The molecule has 3 rings (SSSR count). The van der Waals surface area contributed by atoms with Gasteiger partial charge in [0, 0.05) is 44.3 Å². The first-order chi connectivity index (χ1) is 17.4. The molecule has 2 atom stereocenters. The molecule has 36 heavy (non-hydrogen) atoms. The highest BCUT2D eigenvalue weighted by atomic mass is 16.5. The van der Waals surface area contributed by atoms with E-state index in [0.29, 0.717) is 6.04 Å². The lowest BCUT2D eigenvalue weighted by atomic mass is 9.96. The predicted molar refractivity (Wildman–Crippen MR) is 140 cm³/mol. The molecule has 2 aromatic carbocycles. The van der Waals surface area contributed by atoms with Crippen LogP contribution in [0.15, 0.2) is 54.6 Å². The molecular formula is C27H37N5O4. The number of ether oxygens (including phenoxy) is 1. The van der Waals surface area contributed by atoms with E-state index in [1.54, 1.807) is 0 Å². The van der Waals surface area contributed by atoms with Gasteiger partial charge in [-0.3, -0.25) is 14.5 Å². The highest BCUT2D eigenvalue weighted by molar-refractivity contribution is 5.88. The van der Waals surface area contributed by atoms with Crippen molar-refractivity contribution >= 4 is 28.6 Å². The fourth-order valence-electron chi connectivity index (χ4n) is 4.55. The van der Waals surface area contributed by atoms with Crippen molar-refractivity contribution in [2.45, 2.75) is 37.9 Å². The summed E-state index contributed by atoms with van der Waals surface area (Å²) in [6.07, 6.45) is 4.52. The van der Waals surface area contributed by atoms with E-state index in [1.807, 2.05) is 0 Å². The van der Waals surface area contributed by atoms with Gasteiger partial charge >= 0.3 is 5.97 Å². The third-order valence-electron chi connectivity index (χ3n) is 6.64. The number of likely N-dealkylation sites (tertiary alicyclic amines) is 1. The number of nitrogens with two attached hydrogens (primary N) is 1. The normalized spacial score (nSPS) is 16.5. The maximum absolute atomic E-state index is 12.6. The van der Waals surface area contributed by atoms with Gasteiger partial charge in [-0.2, -0.15) is 0 Å². The molecule has 2 aromatic rings. The van der Waals surface area contributed by atoms with Crippen LogP contribution in [0.25, 0.3) is 10.8 Å². The van der Waals surface area contributed by atoms with Crippen molar-refractivity contribution in [3.8, 4) is 0 Å². The average Bonchev–Trinajstić information content (AvgIpc) is 2.92. The standard InChI is InChI=1S/C27H37N5O4/c1-19(22-10-5-8-20-7-3-4-9-23(20)22)32-15-12-21(13-16-32)31-24(17-28)27(35)30-18-25(33)29-14-6-11-26(34)36-2/h3-11,19,21,24,31H,12-18,28H2,1-2H3,(H,29,33)(H,30,35)/b11-6+/t19-,24+/m1/s1. The summed E-state index contributed by atoms with van der Waals surface area (Å²) < 4.78 is 4.47. The summed E-state index contributed by atoms with van der Waals surface area (Å²) >= 11 is 0. The highest BCUT2D eigenvalue weighted by Gasteiger charge is 2.27. The van der Waals surface area contributed by atoms with Crippen molar-refractivity contribution in [1.82, 2.24) is 20.9 Å². The molecule has 1 aliphatic heterocycles. The lowest BCUT2D eigenvalue weighted by Crippen LogP contribution is -2.55. The highest BCUT2D eigenvalue weighted by Crippen LogP contribution is 2.30. The molecule has 0 unspecified atom stereocenters. The second-order valence-corrected chi connectivity index (χ2v) is 8.96. The van der Waals surface area contributed by atoms with Gasteiger partial charge in [0.05, 0.1) is 19.7 Å². The lowest BCUT2D eigenvalue weighted by molar-refractivity contribution is -0.134. The summed E-state index contributed by atoms with van der Waals surface area (Å²) in [5.41, 5.74) is 7.19. The maximum atomic E-state index is 12.6. The summed E-state index contributed by atoms with van der Waals surface area (Å²) in [5.74, 6) is -1.16. The van der Waals surface area contributed by atoms with E-state index in [0.717, 1.165) is 25.9 Å². The van der Waals surface area contributed by atoms with Gasteiger partial charge < -0.3 is 26.4 Å². The van der Waals surface area contributed by atoms with Gasteiger partial charge in [-0.05, 0) is 36.1 Å². The van der Waals surface area contributed by atoms with Crippen molar-refractivity contribution in [3.63, 3.8) is 0 Å². The minimum atomic E-state index is -0.566. The average molecular weight is 496 g/mol. The van der Waals surface area contributed by atoms with E-state index < -0.39 is 12.0 Å². The molecule has 0 radical (unpaired) electrons. The molecule has 5 N–H and O–H groups in total. The molecule has 1 heterocycles. The molecular weight excluding hydrogens is 458 g/mol. The molecule has 0 spiro atoms. The molecule has 1 aliphatic rings. The molecule has 1 fully saturated rings. The minimum Gasteiger partial charge on any atom is -0.466 e. The van der Waals surface area contributed by atoms with E-state index in [4.69, 9.17) is 5.73 Å². The van der Waals surface area contributed by atoms with E-state index >= 15 is 0 Å². The van der Waals surface area contributed by atoms with Crippen LogP contribution >= 0.6 is 0 Å². The van der Waals surface area contributed by atoms with Gasteiger partial charge in [0.15, 0.2) is 0 Å². The molecule has 194 valence electrons. The van der Waals surface area contributed by atoms with E-state index in [1.165, 1.54) is 35.6 Å². The molecule has 0 saturated carbocycles. The van der Waals surface area contributed by atoms with Crippen LogP contribution in [-0.2, 0) is 19.1 Å². The number of benzene rings is 2. The third-order valence-corrected chi connectivity index (χ3v) is 6.64. The van der Waals surface area contributed by atoms with Gasteiger partial charge in [0.1, 0.15) is 0 Å². The zero-order valence-electron chi connectivity index (χ0n) is 21.0. The maximum Gasteiger partial charge on any atom is 0.330 e. The number of hydrogen-bond acceptors (Lipinski definition) is 7. The van der Waals surface area contributed by atoms with Gasteiger partial charge in [-0.25, -0.2) is 4.79 Å². The number of piperidine rings is 1. The minimum absolute atomic E-state index is 0.141. The summed E-state index contributed by atoms with van der Waals surface area (Å²) in [6, 6.07) is 14.8. The first kappa shape index (κ1) is 27.3. The number of nitrogens with one attached hydrogen (secondary N) is 3. The van der Waals surface area contributed by atoms with Crippen molar-refractivity contribution in [1.29, 1.82) is 0 Å². The van der Waals surface area contributed by atoms with Crippen molar-refractivity contribution in [3.05, 3.63) is 60.2 Å². The smallest absolute Gasteiger partial charge is 0.330 e. The van der Waals surface area contributed by atoms with Crippen LogP contribution in [0.5, 0.6) is 0 Å². The zero-order chi connectivity index (χ0) is 25.9. The third kappa shape index (κ3) is 7.61. The second-order valence-electron chi connectivity index (χ2n) is 8.96. The molecule has 0 bridgehead atoms. The molecule has 9 nitrogen and oxygen atoms in total. The van der Waals surface area contributed by atoms with Crippen LogP contribution in [0.4, 0.5) is 0 Å². The summed E-state index contributed by atoms with van der Waals surface area (Å²) in [4.78, 5) is 38.0. The number of rotatable bonds is 11. The monoisotopic (exact) mass is 495 g/mol. The number of nitrogens with zero attached hydrogens (tertiary/aromatic N) is 1. The Kier molecular flexibility index (Phi) is 10.4. The second kappa shape index (κ2) is 13.7. The van der Waals surface area contributed by atoms with Crippen LogP contribution < -0.4 is 21.7 Å². The van der Waals surface area contributed by atoms with Gasteiger partial charge in [-0.15, -0.1) is 0 Å². The largest absolute Gasteiger partial charge is 0.466 e. The Hall–Kier alpha value is -3.27. The predicted octanol–water partition coefficient (Wildman–Crippen LogP) is 1.24. The van der Waals surface area contributed by atoms with E-state index in [2.05, 4.69) is 75.0 Å². The van der Waals surface area contributed by atoms with Crippen LogP contribution in [0.1, 0.15) is 31.4 Å². The Bertz CT molecular complexity index is 1060. The number of carbonyl (C=O) groups excluding carboxylic acids is 3. The van der Waals surface area contributed by atoms with Crippen molar-refractivity contribution in [2.75, 3.05) is 39.8 Å². The van der Waals surface area contributed by atoms with Crippen LogP contribution in [0.3, 0.4) is 0 Å². The number of methoxy groups -OCH3 is 1. The Morgan fingerprint density at radius 1 is 1.11 bits per heavy atom. The van der Waals surface area contributed by atoms with Crippen molar-refractivity contribution in [2.24, 2.45) is 5.73 Å². The van der Waals surface area contributed by atoms with Gasteiger partial charge in [-0.1, -0.05) is 48.5 Å². The topological polar surface area (TPSA) is 126 Å². The first-order valence-corrected chi connectivity index (χ1v) is 12.4. The first-order valence-electron chi connectivity index (χ1n) is 12.4. The van der Waals surface area contributed by atoms with E-state index in [-0.39, 0.29) is 37.5 Å². The number of carbonyl (C=O) groups is 3. The Balaban J connectivity index is 1.43. The number of hydrogen-bond donors (Lipinski definition) is 4. The van der Waals surface area contributed by atoms with Crippen LogP contribution in [0.2, 0.25) is 0 Å². The Labute approximate surface area is 212 Å². The Morgan fingerprint density at radius 3 is 2.56 bits per heavy atom. The van der Waals surface area contributed by atoms with Crippen LogP contribution in [0, 0.1) is 0 Å². The molecule has 2 amide bonds. The summed E-state index contributed by atoms with van der Waals surface area (Å²) in [7, 11) is 1.28. The number of esters is 1. The SMILES string of the molecule is COC(=O)/C=C/CNC(=O)CNC(=O)[C@H](CN)NC1CCN([C@H](C)c2cccc3ccccc23)CC1. The molecule has 1 saturated heterocycles. The quantitative estimate of drug-likeness (QED) is 0.273. The summed E-state index contributed by atoms with van der Waals surface area (Å²) in [6.45, 7) is 4.23. The van der Waals surface area contributed by atoms with Gasteiger partial charge in [0.25, 0.3) is 0 Å². The number of amides is 2. The molecule has 0 aliphatic carbocycles. The lowest BCUT2D eigenvalue weighted by Gasteiger charge is -2.38. The molecule has 9 heteroatoms. The zero-order valence-corrected chi connectivity index (χ0v) is 21.0. The Morgan fingerprint density at radius 2 is 1.83 bits per heavy atom. The van der Waals surface area contributed by atoms with Crippen LogP contribution in [-0.4, -0.2) is 74.6 Å². The van der Waals surface area contributed by atoms with Gasteiger partial charge in [0.2, 0.25) is 11.8 Å². The number of fused-ring (bicyclic) bond motifs is 1. The summed E-state index contributed by atoms with van der Waals surface area (Å²) in [5, 5.41) is 11.1. The van der Waals surface area contributed by atoms with Crippen molar-refractivity contribution < 1.29 is 19.1 Å². The molecule has 0 aromatic heterocycles. The fourth-order valence-corrected chi connectivity index (χ4v) is 4.55. The van der Waals surface area contributed by atoms with E-state index in [9.17, 15) is 14.4 Å². The fraction of sp³-hybridized carbons (Fsp3) is 0.444.